The van der Waals surface area contributed by atoms with Gasteiger partial charge < -0.3 is 4.42 Å². The van der Waals surface area contributed by atoms with E-state index in [-0.39, 0.29) is 6.04 Å². The summed E-state index contributed by atoms with van der Waals surface area (Å²) in [5.41, 5.74) is 4.90. The van der Waals surface area contributed by atoms with Crippen molar-refractivity contribution in [3.05, 3.63) is 35.6 Å². The number of halogens is 1. The van der Waals surface area contributed by atoms with Crippen LogP contribution in [0.3, 0.4) is 0 Å². The van der Waals surface area contributed by atoms with E-state index in [1.165, 1.54) is 5.56 Å². The minimum Gasteiger partial charge on any atom is -0.459 e. The van der Waals surface area contributed by atoms with Gasteiger partial charge in [-0.15, -0.1) is 11.6 Å². The summed E-state index contributed by atoms with van der Waals surface area (Å²) in [4.78, 5) is 0. The molecule has 1 atom stereocenters. The molecule has 92 valence electrons. The summed E-state index contributed by atoms with van der Waals surface area (Å²) in [6.07, 6.45) is 1.78. The number of fused-ring (bicyclic) bond motifs is 1. The minimum absolute atomic E-state index is 0.0291. The highest BCUT2D eigenvalue weighted by Crippen LogP contribution is 2.26. The lowest BCUT2D eigenvalue weighted by molar-refractivity contribution is 0.414. The van der Waals surface area contributed by atoms with E-state index in [1.807, 2.05) is 18.2 Å². The van der Waals surface area contributed by atoms with E-state index in [1.54, 1.807) is 0 Å². The molecule has 0 saturated carbocycles. The van der Waals surface area contributed by atoms with Crippen LogP contribution in [0.4, 0.5) is 0 Å². The van der Waals surface area contributed by atoms with Crippen molar-refractivity contribution in [2.75, 3.05) is 5.88 Å². The smallest absolute Gasteiger partial charge is 0.134 e. The van der Waals surface area contributed by atoms with Crippen molar-refractivity contribution in [2.24, 2.45) is 5.84 Å². The highest BCUT2D eigenvalue weighted by Gasteiger charge is 2.14. The first-order valence-electron chi connectivity index (χ1n) is 5.77. The van der Waals surface area contributed by atoms with Crippen molar-refractivity contribution >= 4 is 22.6 Å². The summed E-state index contributed by atoms with van der Waals surface area (Å²) in [5, 5.41) is 1.12. The van der Waals surface area contributed by atoms with Crippen LogP contribution in [0, 0.1) is 6.92 Å². The van der Waals surface area contributed by atoms with Crippen molar-refractivity contribution in [1.82, 2.24) is 5.43 Å². The molecule has 4 heteroatoms. The van der Waals surface area contributed by atoms with Crippen molar-refractivity contribution in [1.29, 1.82) is 0 Å². The zero-order valence-corrected chi connectivity index (χ0v) is 10.6. The molecule has 2 aromatic rings. The van der Waals surface area contributed by atoms with E-state index < -0.39 is 0 Å². The molecule has 3 nitrogen and oxygen atoms in total. The molecule has 0 fully saturated rings. The molecule has 1 aromatic heterocycles. The van der Waals surface area contributed by atoms with Gasteiger partial charge in [0.1, 0.15) is 11.3 Å². The first kappa shape index (κ1) is 12.4. The fourth-order valence-corrected chi connectivity index (χ4v) is 2.10. The molecule has 1 aromatic carbocycles. The Balaban J connectivity index is 2.27. The van der Waals surface area contributed by atoms with Gasteiger partial charge in [-0.25, -0.2) is 5.43 Å². The predicted molar refractivity (Wildman–Crippen MR) is 71.0 cm³/mol. The standard InChI is InChI=1S/C13H17ClN2O/c1-9-4-5-12-10(7-9)8-13(17-12)11(16-15)3-2-6-14/h4-5,7-8,11,16H,2-3,6,15H2,1H3. The lowest BCUT2D eigenvalue weighted by Crippen LogP contribution is -2.27. The van der Waals surface area contributed by atoms with E-state index in [9.17, 15) is 0 Å². The van der Waals surface area contributed by atoms with E-state index >= 15 is 0 Å². The molecular formula is C13H17ClN2O. The SMILES string of the molecule is Cc1ccc2oc(C(CCCCl)NN)cc2c1. The van der Waals surface area contributed by atoms with Gasteiger partial charge in [-0.1, -0.05) is 11.6 Å². The van der Waals surface area contributed by atoms with E-state index in [4.69, 9.17) is 21.9 Å². The van der Waals surface area contributed by atoms with Gasteiger partial charge in [0.15, 0.2) is 0 Å². The Morgan fingerprint density at radius 2 is 2.24 bits per heavy atom. The molecule has 0 aliphatic heterocycles. The Labute approximate surface area is 106 Å². The summed E-state index contributed by atoms with van der Waals surface area (Å²) in [7, 11) is 0. The van der Waals surface area contributed by atoms with Crippen LogP contribution in [0.5, 0.6) is 0 Å². The summed E-state index contributed by atoms with van der Waals surface area (Å²) in [6.45, 7) is 2.07. The second-order valence-electron chi connectivity index (χ2n) is 4.24. The number of hydrogen-bond donors (Lipinski definition) is 2. The molecule has 0 radical (unpaired) electrons. The van der Waals surface area contributed by atoms with Crippen molar-refractivity contribution in [3.63, 3.8) is 0 Å². The maximum absolute atomic E-state index is 5.79. The third-order valence-corrected chi connectivity index (χ3v) is 3.13. The summed E-state index contributed by atoms with van der Waals surface area (Å²) >= 11 is 5.69. The van der Waals surface area contributed by atoms with Gasteiger partial charge in [0.05, 0.1) is 6.04 Å². The van der Waals surface area contributed by atoms with Gasteiger partial charge >= 0.3 is 0 Å². The van der Waals surface area contributed by atoms with Gasteiger partial charge in [-0.2, -0.15) is 0 Å². The molecule has 0 aliphatic carbocycles. The van der Waals surface area contributed by atoms with Crippen LogP contribution in [-0.4, -0.2) is 5.88 Å². The Hall–Kier alpha value is -1.03. The topological polar surface area (TPSA) is 51.2 Å². The maximum Gasteiger partial charge on any atom is 0.134 e. The Bertz CT molecular complexity index is 495. The number of furan rings is 1. The molecule has 0 aliphatic rings. The summed E-state index contributed by atoms with van der Waals surface area (Å²) in [6, 6.07) is 8.21. The summed E-state index contributed by atoms with van der Waals surface area (Å²) in [5.74, 6) is 7.05. The third-order valence-electron chi connectivity index (χ3n) is 2.86. The highest BCUT2D eigenvalue weighted by molar-refractivity contribution is 6.17. The number of benzene rings is 1. The van der Waals surface area contributed by atoms with E-state index in [0.717, 1.165) is 29.6 Å². The van der Waals surface area contributed by atoms with Crippen LogP contribution in [0.15, 0.2) is 28.7 Å². The molecule has 2 rings (SSSR count). The van der Waals surface area contributed by atoms with Crippen molar-refractivity contribution < 1.29 is 4.42 Å². The number of alkyl halides is 1. The molecule has 3 N–H and O–H groups in total. The van der Waals surface area contributed by atoms with Gasteiger partial charge in [-0.05, 0) is 38.0 Å². The molecule has 0 bridgehead atoms. The number of hydrogen-bond acceptors (Lipinski definition) is 3. The zero-order valence-electron chi connectivity index (χ0n) is 9.87. The van der Waals surface area contributed by atoms with E-state index in [2.05, 4.69) is 18.4 Å². The number of aryl methyl sites for hydroxylation is 1. The normalized spacial score (nSPS) is 13.1. The van der Waals surface area contributed by atoms with Crippen LogP contribution in [0.25, 0.3) is 11.0 Å². The molecule has 0 spiro atoms. The molecular weight excluding hydrogens is 236 g/mol. The predicted octanol–water partition coefficient (Wildman–Crippen LogP) is 3.26. The Morgan fingerprint density at radius 3 is 2.94 bits per heavy atom. The fourth-order valence-electron chi connectivity index (χ4n) is 1.94. The average molecular weight is 253 g/mol. The average Bonchev–Trinajstić information content (AvgIpc) is 2.72. The Kier molecular flexibility index (Phi) is 4.05. The molecule has 1 unspecified atom stereocenters. The molecule has 17 heavy (non-hydrogen) atoms. The lowest BCUT2D eigenvalue weighted by atomic mass is 10.1. The second-order valence-corrected chi connectivity index (χ2v) is 4.62. The van der Waals surface area contributed by atoms with Gasteiger partial charge in [0.2, 0.25) is 0 Å². The van der Waals surface area contributed by atoms with Crippen molar-refractivity contribution in [2.45, 2.75) is 25.8 Å². The van der Waals surface area contributed by atoms with E-state index in [0.29, 0.717) is 5.88 Å². The highest BCUT2D eigenvalue weighted by atomic mass is 35.5. The van der Waals surface area contributed by atoms with Crippen LogP contribution in [0.2, 0.25) is 0 Å². The fraction of sp³-hybridized carbons (Fsp3) is 0.385. The number of nitrogens with one attached hydrogen (secondary N) is 1. The largest absolute Gasteiger partial charge is 0.459 e. The van der Waals surface area contributed by atoms with Gasteiger partial charge in [0, 0.05) is 11.3 Å². The number of rotatable bonds is 5. The van der Waals surface area contributed by atoms with Crippen LogP contribution in [-0.2, 0) is 0 Å². The first-order chi connectivity index (χ1) is 8.24. The zero-order chi connectivity index (χ0) is 12.3. The first-order valence-corrected chi connectivity index (χ1v) is 6.30. The molecule has 0 saturated heterocycles. The number of nitrogens with two attached hydrogens (primary N) is 1. The lowest BCUT2D eigenvalue weighted by Gasteiger charge is -2.11. The van der Waals surface area contributed by atoms with Crippen LogP contribution in [0.1, 0.15) is 30.2 Å². The van der Waals surface area contributed by atoms with Gasteiger partial charge in [-0.3, -0.25) is 5.84 Å². The monoisotopic (exact) mass is 252 g/mol. The maximum atomic E-state index is 5.79. The van der Waals surface area contributed by atoms with Crippen LogP contribution >= 0.6 is 11.6 Å². The molecule has 1 heterocycles. The third kappa shape index (κ3) is 2.80. The second kappa shape index (κ2) is 5.54. The molecule has 0 amide bonds. The minimum atomic E-state index is 0.0291. The summed E-state index contributed by atoms with van der Waals surface area (Å²) < 4.78 is 5.79. The number of hydrazine groups is 1. The van der Waals surface area contributed by atoms with Crippen LogP contribution < -0.4 is 11.3 Å². The Morgan fingerprint density at radius 1 is 1.41 bits per heavy atom. The van der Waals surface area contributed by atoms with Gasteiger partial charge in [0.25, 0.3) is 0 Å². The quantitative estimate of drug-likeness (QED) is 0.488. The van der Waals surface area contributed by atoms with Crippen molar-refractivity contribution in [3.8, 4) is 0 Å².